The van der Waals surface area contributed by atoms with E-state index < -0.39 is 0 Å². The third kappa shape index (κ3) is 4.60. The van der Waals surface area contributed by atoms with E-state index in [9.17, 15) is 19.2 Å². The van der Waals surface area contributed by atoms with Crippen molar-refractivity contribution in [2.24, 2.45) is 5.41 Å². The number of Topliss-reactive ketones (excluding diaryl/α,β-unsaturated/α-hetero) is 2. The van der Waals surface area contributed by atoms with E-state index in [1.54, 1.807) is 12.1 Å². The Bertz CT molecular complexity index is 842. The van der Waals surface area contributed by atoms with Crippen molar-refractivity contribution in [1.82, 2.24) is 0 Å². The minimum absolute atomic E-state index is 0.0132. The Labute approximate surface area is 153 Å². The molecular formula is C22H22O4. The molecule has 0 unspecified atom stereocenters. The van der Waals surface area contributed by atoms with E-state index in [0.717, 1.165) is 5.56 Å². The zero-order valence-electron chi connectivity index (χ0n) is 15.2. The first kappa shape index (κ1) is 19.4. The van der Waals surface area contributed by atoms with Gasteiger partial charge in [0.15, 0.2) is 24.1 Å². The van der Waals surface area contributed by atoms with Crippen LogP contribution in [-0.4, -0.2) is 24.1 Å². The number of carbonyl (C=O) groups is 4. The summed E-state index contributed by atoms with van der Waals surface area (Å²) in [5.74, 6) is -0.561. The monoisotopic (exact) mass is 350 g/mol. The number of rotatable bonds is 7. The van der Waals surface area contributed by atoms with Crippen LogP contribution < -0.4 is 0 Å². The van der Waals surface area contributed by atoms with Gasteiger partial charge in [0, 0.05) is 35.1 Å². The molecule has 4 heteroatoms. The van der Waals surface area contributed by atoms with Crippen LogP contribution >= 0.6 is 0 Å². The minimum atomic E-state index is -0.348. The Morgan fingerprint density at radius 2 is 1.54 bits per heavy atom. The summed E-state index contributed by atoms with van der Waals surface area (Å²) in [5, 5.41) is 0. The van der Waals surface area contributed by atoms with E-state index in [2.05, 4.69) is 0 Å². The van der Waals surface area contributed by atoms with Crippen molar-refractivity contribution in [1.29, 1.82) is 0 Å². The summed E-state index contributed by atoms with van der Waals surface area (Å²) in [6.07, 6.45) is 1.30. The molecule has 0 atom stereocenters. The van der Waals surface area contributed by atoms with Gasteiger partial charge in [0.05, 0.1) is 0 Å². The smallest absolute Gasteiger partial charge is 0.168 e. The summed E-state index contributed by atoms with van der Waals surface area (Å²) < 4.78 is 0. The van der Waals surface area contributed by atoms with Crippen LogP contribution in [0.3, 0.4) is 0 Å². The van der Waals surface area contributed by atoms with Crippen LogP contribution in [0.5, 0.6) is 0 Å². The highest BCUT2D eigenvalue weighted by Crippen LogP contribution is 2.26. The highest BCUT2D eigenvalue weighted by Gasteiger charge is 2.25. The van der Waals surface area contributed by atoms with Gasteiger partial charge in [-0.15, -0.1) is 0 Å². The van der Waals surface area contributed by atoms with Gasteiger partial charge in [-0.3, -0.25) is 19.2 Å². The van der Waals surface area contributed by atoms with Crippen molar-refractivity contribution in [3.8, 4) is 0 Å². The molecule has 0 saturated carbocycles. The molecule has 4 nitrogen and oxygen atoms in total. The van der Waals surface area contributed by atoms with Gasteiger partial charge >= 0.3 is 0 Å². The zero-order valence-corrected chi connectivity index (χ0v) is 15.2. The van der Waals surface area contributed by atoms with Crippen LogP contribution in [0, 0.1) is 5.41 Å². The molecule has 0 aliphatic rings. The maximum Gasteiger partial charge on any atom is 0.168 e. The fraction of sp³-hybridized carbons (Fsp3) is 0.273. The molecular weight excluding hydrogens is 328 g/mol. The van der Waals surface area contributed by atoms with E-state index in [0.29, 0.717) is 12.6 Å². The number of benzene rings is 2. The van der Waals surface area contributed by atoms with Crippen molar-refractivity contribution in [3.63, 3.8) is 0 Å². The van der Waals surface area contributed by atoms with E-state index >= 15 is 0 Å². The summed E-state index contributed by atoms with van der Waals surface area (Å²) in [6, 6.07) is 12.0. The fourth-order valence-corrected chi connectivity index (χ4v) is 2.84. The second kappa shape index (κ2) is 8.00. The largest absolute Gasteiger partial charge is 0.298 e. The first-order valence-corrected chi connectivity index (χ1v) is 8.44. The molecule has 0 N–H and O–H groups in total. The number of hydrogen-bond donors (Lipinski definition) is 0. The van der Waals surface area contributed by atoms with Crippen LogP contribution in [0.25, 0.3) is 0 Å². The lowest BCUT2D eigenvalue weighted by molar-refractivity contribution is 0.0921. The van der Waals surface area contributed by atoms with E-state index in [1.807, 2.05) is 39.0 Å². The van der Waals surface area contributed by atoms with Crippen molar-refractivity contribution in [2.45, 2.75) is 33.6 Å². The fourth-order valence-electron chi connectivity index (χ4n) is 2.84. The third-order valence-corrected chi connectivity index (χ3v) is 4.00. The van der Waals surface area contributed by atoms with Gasteiger partial charge in [-0.25, -0.2) is 0 Å². The van der Waals surface area contributed by atoms with Gasteiger partial charge in [-0.2, -0.15) is 0 Å². The molecule has 0 bridgehead atoms. The van der Waals surface area contributed by atoms with E-state index in [1.165, 1.54) is 12.1 Å². The quantitative estimate of drug-likeness (QED) is 0.550. The molecule has 0 spiro atoms. The molecule has 2 rings (SSSR count). The standard InChI is InChI=1S/C22H22O4/c1-22(2,3)12-20(26)17-10-9-16(13-23)18(14-24)21(17)19(25)11-15-7-5-4-6-8-15/h4-10,13-14H,11-12H2,1-3H3. The van der Waals surface area contributed by atoms with Crippen molar-refractivity contribution >= 4 is 24.1 Å². The Morgan fingerprint density at radius 1 is 0.885 bits per heavy atom. The topological polar surface area (TPSA) is 68.3 Å². The van der Waals surface area contributed by atoms with Crippen LogP contribution in [0.2, 0.25) is 0 Å². The Kier molecular flexibility index (Phi) is 5.98. The zero-order chi connectivity index (χ0) is 19.3. The molecule has 0 heterocycles. The summed E-state index contributed by atoms with van der Waals surface area (Å²) in [6.45, 7) is 5.78. The van der Waals surface area contributed by atoms with Crippen molar-refractivity contribution < 1.29 is 19.2 Å². The molecule has 0 aliphatic carbocycles. The predicted octanol–water partition coefficient (Wildman–Crippen LogP) is 4.36. The molecule has 0 amide bonds. The van der Waals surface area contributed by atoms with Gasteiger partial charge in [0.2, 0.25) is 0 Å². The number of aldehydes is 2. The molecule has 0 radical (unpaired) electrons. The van der Waals surface area contributed by atoms with Gasteiger partial charge in [0.25, 0.3) is 0 Å². The van der Waals surface area contributed by atoms with E-state index in [-0.39, 0.29) is 52.1 Å². The number of ketones is 2. The summed E-state index contributed by atoms with van der Waals surface area (Å²) in [4.78, 5) is 48.6. The van der Waals surface area contributed by atoms with Crippen LogP contribution in [0.15, 0.2) is 42.5 Å². The lowest BCUT2D eigenvalue weighted by Crippen LogP contribution is -2.19. The minimum Gasteiger partial charge on any atom is -0.298 e. The SMILES string of the molecule is CC(C)(C)CC(=O)c1ccc(C=O)c(C=O)c1C(=O)Cc1ccccc1. The lowest BCUT2D eigenvalue weighted by atomic mass is 9.83. The average molecular weight is 350 g/mol. The molecule has 0 saturated heterocycles. The van der Waals surface area contributed by atoms with Gasteiger partial charge in [0.1, 0.15) is 0 Å². The Morgan fingerprint density at radius 3 is 2.08 bits per heavy atom. The first-order chi connectivity index (χ1) is 12.3. The van der Waals surface area contributed by atoms with Gasteiger partial charge in [-0.1, -0.05) is 57.2 Å². The molecule has 134 valence electrons. The average Bonchev–Trinajstić information content (AvgIpc) is 2.59. The molecule has 2 aromatic rings. The highest BCUT2D eigenvalue weighted by molar-refractivity contribution is 6.15. The molecule has 26 heavy (non-hydrogen) atoms. The Hall–Kier alpha value is -2.88. The van der Waals surface area contributed by atoms with Gasteiger partial charge < -0.3 is 0 Å². The molecule has 0 fully saturated rings. The second-order valence-electron chi connectivity index (χ2n) is 7.47. The van der Waals surface area contributed by atoms with Gasteiger partial charge in [-0.05, 0) is 17.0 Å². The van der Waals surface area contributed by atoms with E-state index in [4.69, 9.17) is 0 Å². The summed E-state index contributed by atoms with van der Waals surface area (Å²) >= 11 is 0. The van der Waals surface area contributed by atoms with Crippen LogP contribution in [0.4, 0.5) is 0 Å². The maximum atomic E-state index is 12.9. The van der Waals surface area contributed by atoms with Crippen LogP contribution in [0.1, 0.15) is 74.2 Å². The number of carbonyl (C=O) groups excluding carboxylic acids is 4. The van der Waals surface area contributed by atoms with Crippen molar-refractivity contribution in [2.75, 3.05) is 0 Å². The Balaban J connectivity index is 2.55. The first-order valence-electron chi connectivity index (χ1n) is 8.44. The molecule has 0 aromatic heterocycles. The lowest BCUT2D eigenvalue weighted by Gasteiger charge is -2.19. The summed E-state index contributed by atoms with van der Waals surface area (Å²) in [7, 11) is 0. The third-order valence-electron chi connectivity index (χ3n) is 4.00. The highest BCUT2D eigenvalue weighted by atomic mass is 16.1. The normalized spacial score (nSPS) is 11.0. The molecule has 0 aliphatic heterocycles. The molecule has 2 aromatic carbocycles. The summed E-state index contributed by atoms with van der Waals surface area (Å²) in [5.41, 5.74) is 0.863. The van der Waals surface area contributed by atoms with Crippen LogP contribution in [-0.2, 0) is 6.42 Å². The predicted molar refractivity (Wildman–Crippen MR) is 100 cm³/mol. The number of hydrogen-bond acceptors (Lipinski definition) is 4. The maximum absolute atomic E-state index is 12.9. The van der Waals surface area contributed by atoms with Crippen molar-refractivity contribution in [3.05, 3.63) is 70.3 Å². The second-order valence-corrected chi connectivity index (χ2v) is 7.47.